The minimum atomic E-state index is -0.873. The molecule has 7 heteroatoms. The van der Waals surface area contributed by atoms with Crippen LogP contribution >= 0.6 is 0 Å². The molecule has 2 N–H and O–H groups in total. The molecular weight excluding hydrogens is 338 g/mol. The number of phenols is 2. The molecule has 0 unspecified atom stereocenters. The van der Waals surface area contributed by atoms with Crippen LogP contribution in [-0.2, 0) is 9.53 Å². The van der Waals surface area contributed by atoms with Crippen LogP contribution in [0.25, 0.3) is 0 Å². The molecule has 1 aliphatic rings. The van der Waals surface area contributed by atoms with Crippen molar-refractivity contribution in [1.82, 2.24) is 0 Å². The van der Waals surface area contributed by atoms with Crippen molar-refractivity contribution < 1.29 is 29.3 Å². The van der Waals surface area contributed by atoms with Crippen LogP contribution in [0.2, 0.25) is 0 Å². The lowest BCUT2D eigenvalue weighted by atomic mass is 10.1. The number of benzene rings is 2. The summed E-state index contributed by atoms with van der Waals surface area (Å²) in [4.78, 5) is 37.7. The number of carbonyl (C=O) groups is 3. The van der Waals surface area contributed by atoms with Crippen molar-refractivity contribution in [3.05, 3.63) is 53.6 Å². The molecule has 7 nitrogen and oxygen atoms in total. The Hall–Kier alpha value is -3.35. The fraction of sp³-hybridized carbons (Fsp3) is 0.211. The maximum Gasteiger partial charge on any atom is 0.342 e. The molecule has 1 aliphatic heterocycles. The largest absolute Gasteiger partial charge is 0.508 e. The van der Waals surface area contributed by atoms with Gasteiger partial charge in [0, 0.05) is 30.3 Å². The highest BCUT2D eigenvalue weighted by atomic mass is 16.5. The van der Waals surface area contributed by atoms with Gasteiger partial charge in [0.25, 0.3) is 0 Å². The van der Waals surface area contributed by atoms with E-state index in [1.165, 1.54) is 12.1 Å². The first-order valence-electron chi connectivity index (χ1n) is 8.08. The molecule has 2 aromatic rings. The maximum absolute atomic E-state index is 12.3. The number of ketones is 1. The molecule has 0 radical (unpaired) electrons. The Morgan fingerprint density at radius 1 is 1.12 bits per heavy atom. The Morgan fingerprint density at radius 2 is 1.92 bits per heavy atom. The van der Waals surface area contributed by atoms with E-state index in [-0.39, 0.29) is 17.2 Å². The molecule has 3 rings (SSSR count). The van der Waals surface area contributed by atoms with E-state index in [1.807, 2.05) is 0 Å². The number of aromatic hydroxyl groups is 2. The van der Waals surface area contributed by atoms with Crippen molar-refractivity contribution in [1.29, 1.82) is 0 Å². The first-order valence-corrected chi connectivity index (χ1v) is 8.08. The normalized spacial score (nSPS) is 13.7. The number of carbonyl (C=O) groups excluding carboxylic acids is 3. The summed E-state index contributed by atoms with van der Waals surface area (Å²) in [5.74, 6) is -1.91. The second-order valence-electron chi connectivity index (χ2n) is 5.90. The molecule has 26 heavy (non-hydrogen) atoms. The standard InChI is InChI=1S/C19H17NO6/c21-14-6-7-15(16(22)10-14)19(25)26-11-17(23)12-3-1-4-13(9-12)20-8-2-5-18(20)24/h1,3-4,6-7,9-10,21-22H,2,5,8,11H2. The third-order valence-corrected chi connectivity index (χ3v) is 4.09. The fourth-order valence-electron chi connectivity index (χ4n) is 2.75. The predicted octanol–water partition coefficient (Wildman–Crippen LogP) is 2.26. The van der Waals surface area contributed by atoms with E-state index in [0.29, 0.717) is 24.2 Å². The zero-order valence-electron chi connectivity index (χ0n) is 13.8. The molecule has 0 aromatic heterocycles. The van der Waals surface area contributed by atoms with Crippen molar-refractivity contribution in [3.63, 3.8) is 0 Å². The van der Waals surface area contributed by atoms with E-state index < -0.39 is 24.1 Å². The summed E-state index contributed by atoms with van der Waals surface area (Å²) < 4.78 is 4.94. The highest BCUT2D eigenvalue weighted by Crippen LogP contribution is 2.24. The highest BCUT2D eigenvalue weighted by Gasteiger charge is 2.22. The molecule has 2 aromatic carbocycles. The average molecular weight is 355 g/mol. The molecule has 0 aliphatic carbocycles. The Morgan fingerprint density at radius 3 is 2.62 bits per heavy atom. The number of esters is 1. The zero-order valence-corrected chi connectivity index (χ0v) is 13.8. The SMILES string of the molecule is O=C(COC(=O)c1ccc(O)cc1O)c1cccc(N2CCCC2=O)c1. The van der Waals surface area contributed by atoms with Gasteiger partial charge in [-0.05, 0) is 30.7 Å². The molecule has 1 saturated heterocycles. The van der Waals surface area contributed by atoms with Gasteiger partial charge in [-0.25, -0.2) is 4.79 Å². The van der Waals surface area contributed by atoms with E-state index in [2.05, 4.69) is 0 Å². The van der Waals surface area contributed by atoms with Crippen molar-refractivity contribution >= 4 is 23.3 Å². The molecular formula is C19H17NO6. The summed E-state index contributed by atoms with van der Waals surface area (Å²) >= 11 is 0. The molecule has 1 amide bonds. The van der Waals surface area contributed by atoms with Gasteiger partial charge in [-0.1, -0.05) is 12.1 Å². The summed E-state index contributed by atoms with van der Waals surface area (Å²) in [6.07, 6.45) is 1.27. The van der Waals surface area contributed by atoms with Gasteiger partial charge in [0.1, 0.15) is 17.1 Å². The Balaban J connectivity index is 1.66. The van der Waals surface area contributed by atoms with Crippen LogP contribution in [0.1, 0.15) is 33.6 Å². The average Bonchev–Trinajstić information content (AvgIpc) is 3.05. The second-order valence-corrected chi connectivity index (χ2v) is 5.90. The summed E-state index contributed by atoms with van der Waals surface area (Å²) in [6.45, 7) is 0.113. The van der Waals surface area contributed by atoms with Crippen molar-refractivity contribution in [2.75, 3.05) is 18.1 Å². The van der Waals surface area contributed by atoms with E-state index in [9.17, 15) is 24.6 Å². The number of hydrogen-bond acceptors (Lipinski definition) is 6. The molecule has 0 bridgehead atoms. The lowest BCUT2D eigenvalue weighted by molar-refractivity contribution is -0.117. The Kier molecular flexibility index (Phi) is 4.88. The minimum absolute atomic E-state index is 0.0174. The number of amides is 1. The van der Waals surface area contributed by atoms with Crippen LogP contribution in [-0.4, -0.2) is 41.0 Å². The van der Waals surface area contributed by atoms with E-state index in [0.717, 1.165) is 12.5 Å². The maximum atomic E-state index is 12.3. The second kappa shape index (κ2) is 7.26. The topological polar surface area (TPSA) is 104 Å². The Bertz CT molecular complexity index is 876. The quantitative estimate of drug-likeness (QED) is 0.630. The number of rotatable bonds is 5. The van der Waals surface area contributed by atoms with Gasteiger partial charge in [0.05, 0.1) is 0 Å². The number of phenolic OH excluding ortho intramolecular Hbond substituents is 2. The van der Waals surface area contributed by atoms with Crippen molar-refractivity contribution in [3.8, 4) is 11.5 Å². The van der Waals surface area contributed by atoms with Crippen LogP contribution in [0.4, 0.5) is 5.69 Å². The van der Waals surface area contributed by atoms with Crippen molar-refractivity contribution in [2.45, 2.75) is 12.8 Å². The highest BCUT2D eigenvalue weighted by molar-refractivity contribution is 6.02. The first-order chi connectivity index (χ1) is 12.5. The smallest absolute Gasteiger partial charge is 0.342 e. The van der Waals surface area contributed by atoms with Gasteiger partial charge in [-0.2, -0.15) is 0 Å². The molecule has 134 valence electrons. The fourth-order valence-corrected chi connectivity index (χ4v) is 2.75. The molecule has 0 atom stereocenters. The van der Waals surface area contributed by atoms with E-state index in [1.54, 1.807) is 29.2 Å². The van der Waals surface area contributed by atoms with Gasteiger partial charge < -0.3 is 19.8 Å². The number of ether oxygens (including phenoxy) is 1. The minimum Gasteiger partial charge on any atom is -0.508 e. The van der Waals surface area contributed by atoms with E-state index >= 15 is 0 Å². The summed E-state index contributed by atoms with van der Waals surface area (Å²) in [5.41, 5.74) is 0.817. The number of nitrogens with zero attached hydrogens (tertiary/aromatic N) is 1. The number of anilines is 1. The third kappa shape index (κ3) is 3.66. The van der Waals surface area contributed by atoms with Crippen molar-refractivity contribution in [2.24, 2.45) is 0 Å². The molecule has 0 spiro atoms. The van der Waals surface area contributed by atoms with Crippen LogP contribution in [0, 0.1) is 0 Å². The zero-order chi connectivity index (χ0) is 18.7. The van der Waals surface area contributed by atoms with E-state index in [4.69, 9.17) is 4.74 Å². The van der Waals surface area contributed by atoms with Crippen LogP contribution in [0.3, 0.4) is 0 Å². The van der Waals surface area contributed by atoms with Crippen LogP contribution in [0.15, 0.2) is 42.5 Å². The van der Waals surface area contributed by atoms with Gasteiger partial charge >= 0.3 is 5.97 Å². The first kappa shape index (κ1) is 17.5. The summed E-state index contributed by atoms with van der Waals surface area (Å²) in [5, 5.41) is 18.9. The van der Waals surface area contributed by atoms with Crippen LogP contribution < -0.4 is 4.90 Å². The van der Waals surface area contributed by atoms with Gasteiger partial charge in [0.2, 0.25) is 5.91 Å². The Labute approximate surface area is 149 Å². The lowest BCUT2D eigenvalue weighted by Crippen LogP contribution is -2.24. The molecule has 1 heterocycles. The number of hydrogen-bond donors (Lipinski definition) is 2. The molecule has 1 fully saturated rings. The lowest BCUT2D eigenvalue weighted by Gasteiger charge is -2.16. The third-order valence-electron chi connectivity index (χ3n) is 4.09. The van der Waals surface area contributed by atoms with Gasteiger partial charge in [0.15, 0.2) is 12.4 Å². The van der Waals surface area contributed by atoms with Gasteiger partial charge in [-0.15, -0.1) is 0 Å². The predicted molar refractivity (Wildman–Crippen MR) is 92.4 cm³/mol. The van der Waals surface area contributed by atoms with Crippen LogP contribution in [0.5, 0.6) is 11.5 Å². The summed E-state index contributed by atoms with van der Waals surface area (Å²) in [6, 6.07) is 10.0. The summed E-state index contributed by atoms with van der Waals surface area (Å²) in [7, 11) is 0. The molecule has 0 saturated carbocycles. The number of Topliss-reactive ketones (excluding diaryl/α,β-unsaturated/α-hetero) is 1. The monoisotopic (exact) mass is 355 g/mol. The van der Waals surface area contributed by atoms with Gasteiger partial charge in [-0.3, -0.25) is 9.59 Å².